The van der Waals surface area contributed by atoms with Gasteiger partial charge in [-0.15, -0.1) is 0 Å². The lowest BCUT2D eigenvalue weighted by atomic mass is 9.75. The van der Waals surface area contributed by atoms with Crippen LogP contribution in [-0.4, -0.2) is 10.2 Å². The number of benzene rings is 2. The first kappa shape index (κ1) is 17.4. The summed E-state index contributed by atoms with van der Waals surface area (Å²) in [4.78, 5) is 0. The van der Waals surface area contributed by atoms with Gasteiger partial charge < -0.3 is 10.2 Å². The van der Waals surface area contributed by atoms with E-state index in [2.05, 4.69) is 39.8 Å². The molecule has 124 valence electrons. The minimum Gasteiger partial charge on any atom is -0.508 e. The zero-order valence-electron chi connectivity index (χ0n) is 15.0. The van der Waals surface area contributed by atoms with E-state index in [0.717, 1.165) is 11.1 Å². The van der Waals surface area contributed by atoms with Gasteiger partial charge >= 0.3 is 0 Å². The van der Waals surface area contributed by atoms with Crippen LogP contribution < -0.4 is 0 Å². The molecule has 2 nitrogen and oxygen atoms in total. The molecule has 0 aliphatic rings. The molecule has 2 heteroatoms. The van der Waals surface area contributed by atoms with Crippen LogP contribution in [0.2, 0.25) is 0 Å². The fraction of sp³-hybridized carbons (Fsp3) is 0.429. The van der Waals surface area contributed by atoms with Crippen LogP contribution in [0.1, 0.15) is 75.6 Å². The molecule has 0 radical (unpaired) electrons. The first-order valence-corrected chi connectivity index (χ1v) is 8.31. The van der Waals surface area contributed by atoms with Crippen LogP contribution in [0.3, 0.4) is 0 Å². The van der Waals surface area contributed by atoms with Crippen molar-refractivity contribution in [2.24, 2.45) is 0 Å². The predicted molar refractivity (Wildman–Crippen MR) is 96.5 cm³/mol. The third-order valence-corrected chi connectivity index (χ3v) is 4.72. The minimum atomic E-state index is -0.482. The van der Waals surface area contributed by atoms with Crippen LogP contribution >= 0.6 is 0 Å². The maximum atomic E-state index is 10.4. The van der Waals surface area contributed by atoms with Gasteiger partial charge in [0.25, 0.3) is 0 Å². The fourth-order valence-corrected chi connectivity index (χ4v) is 2.97. The Bertz CT molecular complexity index is 637. The van der Waals surface area contributed by atoms with E-state index in [1.165, 1.54) is 11.1 Å². The molecule has 0 fully saturated rings. The quantitative estimate of drug-likeness (QED) is 0.763. The first-order valence-electron chi connectivity index (χ1n) is 8.31. The molecule has 0 saturated heterocycles. The van der Waals surface area contributed by atoms with Crippen molar-refractivity contribution >= 4 is 0 Å². The summed E-state index contributed by atoms with van der Waals surface area (Å²) in [6.45, 7) is 12.6. The third kappa shape index (κ3) is 3.36. The number of phenols is 2. The molecule has 2 rings (SSSR count). The minimum absolute atomic E-state index is 0.272. The molecular weight excluding hydrogens is 284 g/mol. The van der Waals surface area contributed by atoms with Gasteiger partial charge in [0.1, 0.15) is 11.5 Å². The highest BCUT2D eigenvalue weighted by atomic mass is 16.3. The van der Waals surface area contributed by atoms with Crippen molar-refractivity contribution in [3.63, 3.8) is 0 Å². The summed E-state index contributed by atoms with van der Waals surface area (Å²) >= 11 is 0. The van der Waals surface area contributed by atoms with E-state index in [4.69, 9.17) is 0 Å². The highest BCUT2D eigenvalue weighted by Crippen LogP contribution is 2.42. The number of hydrogen-bond acceptors (Lipinski definition) is 2. The van der Waals surface area contributed by atoms with Gasteiger partial charge in [0.2, 0.25) is 0 Å². The second kappa shape index (κ2) is 6.27. The average Bonchev–Trinajstić information content (AvgIpc) is 2.47. The van der Waals surface area contributed by atoms with E-state index in [0.29, 0.717) is 11.8 Å². The summed E-state index contributed by atoms with van der Waals surface area (Å²) in [7, 11) is 0. The van der Waals surface area contributed by atoms with Crippen molar-refractivity contribution in [1.29, 1.82) is 0 Å². The molecule has 0 bridgehead atoms. The first-order chi connectivity index (χ1) is 10.6. The summed E-state index contributed by atoms with van der Waals surface area (Å²) < 4.78 is 0. The van der Waals surface area contributed by atoms with Crippen LogP contribution in [0.15, 0.2) is 36.4 Å². The SMILES string of the molecule is CC(C)c1ccc(O)c(C(C)(C)c2cc(C(C)C)ccc2O)c1. The molecule has 2 N–H and O–H groups in total. The van der Waals surface area contributed by atoms with Crippen LogP contribution in [0.4, 0.5) is 0 Å². The summed E-state index contributed by atoms with van der Waals surface area (Å²) in [5.74, 6) is 1.32. The second-order valence-corrected chi connectivity index (χ2v) is 7.49. The maximum absolute atomic E-state index is 10.4. The Balaban J connectivity index is 2.62. The van der Waals surface area contributed by atoms with Gasteiger partial charge in [-0.25, -0.2) is 0 Å². The van der Waals surface area contributed by atoms with E-state index in [1.807, 2.05) is 26.0 Å². The second-order valence-electron chi connectivity index (χ2n) is 7.49. The van der Waals surface area contributed by atoms with E-state index < -0.39 is 5.41 Å². The lowest BCUT2D eigenvalue weighted by Crippen LogP contribution is -2.20. The van der Waals surface area contributed by atoms with Gasteiger partial charge in [-0.3, -0.25) is 0 Å². The molecule has 0 atom stereocenters. The van der Waals surface area contributed by atoms with Crippen LogP contribution in [0.25, 0.3) is 0 Å². The van der Waals surface area contributed by atoms with Crippen molar-refractivity contribution in [2.75, 3.05) is 0 Å². The van der Waals surface area contributed by atoms with Gasteiger partial charge in [0.15, 0.2) is 0 Å². The molecule has 0 unspecified atom stereocenters. The Morgan fingerprint density at radius 1 is 0.696 bits per heavy atom. The molecule has 0 spiro atoms. The normalized spacial score (nSPS) is 12.2. The zero-order chi connectivity index (χ0) is 17.4. The van der Waals surface area contributed by atoms with Crippen molar-refractivity contribution < 1.29 is 10.2 Å². The Kier molecular flexibility index (Phi) is 4.74. The Morgan fingerprint density at radius 3 is 1.35 bits per heavy atom. The molecule has 0 heterocycles. The van der Waals surface area contributed by atoms with Crippen molar-refractivity contribution in [2.45, 2.75) is 58.8 Å². The third-order valence-electron chi connectivity index (χ3n) is 4.72. The highest BCUT2D eigenvalue weighted by Gasteiger charge is 2.29. The van der Waals surface area contributed by atoms with Crippen molar-refractivity contribution in [1.82, 2.24) is 0 Å². The molecule has 0 saturated carbocycles. The molecule has 2 aromatic carbocycles. The lowest BCUT2D eigenvalue weighted by Gasteiger charge is -2.29. The Labute approximate surface area is 139 Å². The monoisotopic (exact) mass is 312 g/mol. The van der Waals surface area contributed by atoms with Gasteiger partial charge in [0, 0.05) is 16.5 Å². The molecule has 0 aromatic heterocycles. The number of phenolic OH excluding ortho intramolecular Hbond substituents is 2. The Morgan fingerprint density at radius 2 is 1.04 bits per heavy atom. The maximum Gasteiger partial charge on any atom is 0.119 e. The standard InChI is InChI=1S/C21H28O2/c1-13(2)15-7-9-19(22)17(11-15)21(5,6)18-12-16(14(3)4)8-10-20(18)23/h7-14,22-23H,1-6H3. The van der Waals surface area contributed by atoms with E-state index in [1.54, 1.807) is 12.1 Å². The van der Waals surface area contributed by atoms with Crippen LogP contribution in [0, 0.1) is 0 Å². The van der Waals surface area contributed by atoms with Gasteiger partial charge in [-0.2, -0.15) is 0 Å². The summed E-state index contributed by atoms with van der Waals surface area (Å²) in [5.41, 5.74) is 3.58. The van der Waals surface area contributed by atoms with Gasteiger partial charge in [-0.05, 0) is 35.1 Å². The fourth-order valence-electron chi connectivity index (χ4n) is 2.97. The summed E-state index contributed by atoms with van der Waals surface area (Å²) in [6.07, 6.45) is 0. The van der Waals surface area contributed by atoms with E-state index in [-0.39, 0.29) is 11.5 Å². The number of hydrogen-bond donors (Lipinski definition) is 2. The van der Waals surface area contributed by atoms with Crippen molar-refractivity contribution in [3.8, 4) is 11.5 Å². The lowest BCUT2D eigenvalue weighted by molar-refractivity contribution is 0.434. The number of rotatable bonds is 4. The largest absolute Gasteiger partial charge is 0.508 e. The molecular formula is C21H28O2. The average molecular weight is 312 g/mol. The predicted octanol–water partition coefficient (Wildman–Crippen LogP) is 5.67. The zero-order valence-corrected chi connectivity index (χ0v) is 15.0. The topological polar surface area (TPSA) is 40.5 Å². The van der Waals surface area contributed by atoms with Crippen LogP contribution in [-0.2, 0) is 5.41 Å². The highest BCUT2D eigenvalue weighted by molar-refractivity contribution is 5.52. The molecule has 0 amide bonds. The number of aromatic hydroxyl groups is 2. The van der Waals surface area contributed by atoms with Crippen LogP contribution in [0.5, 0.6) is 11.5 Å². The van der Waals surface area contributed by atoms with Crippen molar-refractivity contribution in [3.05, 3.63) is 58.7 Å². The smallest absolute Gasteiger partial charge is 0.119 e. The molecule has 23 heavy (non-hydrogen) atoms. The van der Waals surface area contributed by atoms with E-state index in [9.17, 15) is 10.2 Å². The van der Waals surface area contributed by atoms with Gasteiger partial charge in [-0.1, -0.05) is 65.8 Å². The van der Waals surface area contributed by atoms with Gasteiger partial charge in [0.05, 0.1) is 0 Å². The van der Waals surface area contributed by atoms with E-state index >= 15 is 0 Å². The summed E-state index contributed by atoms with van der Waals surface area (Å²) in [6, 6.07) is 11.6. The molecule has 0 aliphatic heterocycles. The Hall–Kier alpha value is -1.96. The molecule has 0 aliphatic carbocycles. The molecule has 2 aromatic rings. The summed E-state index contributed by atoms with van der Waals surface area (Å²) in [5, 5.41) is 20.8.